The number of rotatable bonds is 7. The number of hydrogen-bond acceptors (Lipinski definition) is 4. The number of nitrogens with one attached hydrogen (secondary N) is 1. The minimum atomic E-state index is -0.0321. The Labute approximate surface area is 185 Å². The highest BCUT2D eigenvalue weighted by Crippen LogP contribution is 2.28. The van der Waals surface area contributed by atoms with E-state index < -0.39 is 0 Å². The number of hydrogen-bond donors (Lipinski definition) is 1. The molecule has 7 heteroatoms. The lowest BCUT2D eigenvalue weighted by Crippen LogP contribution is -2.46. The highest BCUT2D eigenvalue weighted by Gasteiger charge is 2.25. The predicted molar refractivity (Wildman–Crippen MR) is 119 cm³/mol. The van der Waals surface area contributed by atoms with Gasteiger partial charge in [0.25, 0.3) is 5.91 Å². The summed E-state index contributed by atoms with van der Waals surface area (Å²) < 4.78 is 11.5. The molecular weight excluding hydrogens is 448 g/mol. The quantitative estimate of drug-likeness (QED) is 0.662. The maximum Gasteiger partial charge on any atom is 0.253 e. The third-order valence-electron chi connectivity index (χ3n) is 5.31. The zero-order valence-electron chi connectivity index (χ0n) is 17.3. The molecular formula is C23H27BrN2O4. The molecule has 0 spiro atoms. The van der Waals surface area contributed by atoms with E-state index in [1.54, 1.807) is 32.4 Å². The second-order valence-corrected chi connectivity index (χ2v) is 8.25. The van der Waals surface area contributed by atoms with Crippen LogP contribution in [-0.4, -0.2) is 50.1 Å². The molecule has 0 aliphatic carbocycles. The molecule has 2 amide bonds. The van der Waals surface area contributed by atoms with Crippen LogP contribution >= 0.6 is 15.9 Å². The van der Waals surface area contributed by atoms with Crippen molar-refractivity contribution in [2.45, 2.75) is 31.7 Å². The van der Waals surface area contributed by atoms with Gasteiger partial charge in [-0.3, -0.25) is 9.59 Å². The Kier molecular flexibility index (Phi) is 7.74. The first-order valence-electron chi connectivity index (χ1n) is 10.0. The number of ether oxygens (including phenoxy) is 2. The number of carbonyl (C=O) groups is 2. The summed E-state index contributed by atoms with van der Waals surface area (Å²) in [5.74, 6) is 1.16. The first-order valence-corrected chi connectivity index (χ1v) is 10.8. The number of piperidine rings is 1. The number of nitrogens with zero attached hydrogens (tertiary/aromatic N) is 1. The Morgan fingerprint density at radius 2 is 1.80 bits per heavy atom. The zero-order valence-corrected chi connectivity index (χ0v) is 18.9. The average Bonchev–Trinajstić information content (AvgIpc) is 2.77. The van der Waals surface area contributed by atoms with Gasteiger partial charge in [-0.05, 0) is 55.2 Å². The largest absolute Gasteiger partial charge is 0.493 e. The number of carbonyl (C=O) groups excluding carboxylic acids is 2. The molecule has 0 radical (unpaired) electrons. The number of aryl methyl sites for hydroxylation is 1. The monoisotopic (exact) mass is 474 g/mol. The molecule has 2 aromatic rings. The summed E-state index contributed by atoms with van der Waals surface area (Å²) in [4.78, 5) is 27.0. The molecule has 3 rings (SSSR count). The van der Waals surface area contributed by atoms with Gasteiger partial charge in [0, 0.05) is 35.6 Å². The Bertz CT molecular complexity index is 895. The van der Waals surface area contributed by atoms with Gasteiger partial charge in [-0.25, -0.2) is 0 Å². The summed E-state index contributed by atoms with van der Waals surface area (Å²) in [6.45, 7) is 1.23. The van der Waals surface area contributed by atoms with E-state index >= 15 is 0 Å². The second kappa shape index (κ2) is 10.5. The molecule has 0 aromatic heterocycles. The van der Waals surface area contributed by atoms with Crippen LogP contribution in [0.4, 0.5) is 0 Å². The number of likely N-dealkylation sites (tertiary alicyclic amines) is 1. The van der Waals surface area contributed by atoms with Crippen LogP contribution in [0.1, 0.15) is 35.2 Å². The summed E-state index contributed by atoms with van der Waals surface area (Å²) in [7, 11) is 3.12. The normalized spacial score (nSPS) is 14.3. The Morgan fingerprint density at radius 1 is 1.07 bits per heavy atom. The van der Waals surface area contributed by atoms with Crippen LogP contribution < -0.4 is 14.8 Å². The van der Waals surface area contributed by atoms with Crippen molar-refractivity contribution in [3.63, 3.8) is 0 Å². The van der Waals surface area contributed by atoms with E-state index in [2.05, 4.69) is 21.2 Å². The van der Waals surface area contributed by atoms with Gasteiger partial charge in [0.1, 0.15) is 0 Å². The summed E-state index contributed by atoms with van der Waals surface area (Å²) in [5, 5.41) is 3.11. The molecule has 0 atom stereocenters. The van der Waals surface area contributed by atoms with Crippen molar-refractivity contribution in [2.24, 2.45) is 0 Å². The second-order valence-electron chi connectivity index (χ2n) is 7.33. The third kappa shape index (κ3) is 5.75. The SMILES string of the molecule is COc1ccc(C(=O)N2CCC(NC(=O)CCc3cccc(Br)c3)CC2)cc1OC. The first kappa shape index (κ1) is 22.2. The number of halogens is 1. The van der Waals surface area contributed by atoms with Gasteiger partial charge in [0.15, 0.2) is 11.5 Å². The lowest BCUT2D eigenvalue weighted by Gasteiger charge is -2.32. The van der Waals surface area contributed by atoms with Crippen molar-refractivity contribution in [3.8, 4) is 11.5 Å². The summed E-state index contributed by atoms with van der Waals surface area (Å²) in [5.41, 5.74) is 1.71. The summed E-state index contributed by atoms with van der Waals surface area (Å²) >= 11 is 3.45. The standard InChI is InChI=1S/C23H27BrN2O4/c1-29-20-8-7-17(15-21(20)30-2)23(28)26-12-10-19(11-13-26)25-22(27)9-6-16-4-3-5-18(24)14-16/h3-5,7-8,14-15,19H,6,9-13H2,1-2H3,(H,25,27). The Hall–Kier alpha value is -2.54. The fourth-order valence-electron chi connectivity index (χ4n) is 3.63. The van der Waals surface area contributed by atoms with Crippen molar-refractivity contribution in [2.75, 3.05) is 27.3 Å². The zero-order chi connectivity index (χ0) is 21.5. The molecule has 1 heterocycles. The van der Waals surface area contributed by atoms with Crippen molar-refractivity contribution < 1.29 is 19.1 Å². The maximum absolute atomic E-state index is 12.8. The highest BCUT2D eigenvalue weighted by molar-refractivity contribution is 9.10. The molecule has 1 aliphatic heterocycles. The van der Waals surface area contributed by atoms with Gasteiger partial charge in [0.2, 0.25) is 5.91 Å². The van der Waals surface area contributed by atoms with Crippen LogP contribution in [0.5, 0.6) is 11.5 Å². The average molecular weight is 475 g/mol. The first-order chi connectivity index (χ1) is 14.5. The number of methoxy groups -OCH3 is 2. The van der Waals surface area contributed by atoms with Crippen LogP contribution in [0.3, 0.4) is 0 Å². The molecule has 0 saturated carbocycles. The Morgan fingerprint density at radius 3 is 2.47 bits per heavy atom. The molecule has 0 unspecified atom stereocenters. The van der Waals surface area contributed by atoms with E-state index in [9.17, 15) is 9.59 Å². The van der Waals surface area contributed by atoms with Gasteiger partial charge < -0.3 is 19.7 Å². The van der Waals surface area contributed by atoms with Crippen LogP contribution in [0.15, 0.2) is 46.9 Å². The van der Waals surface area contributed by atoms with Crippen molar-refractivity contribution >= 4 is 27.7 Å². The smallest absolute Gasteiger partial charge is 0.253 e. The van der Waals surface area contributed by atoms with Crippen molar-refractivity contribution in [1.82, 2.24) is 10.2 Å². The van der Waals surface area contributed by atoms with E-state index in [4.69, 9.17) is 9.47 Å². The van der Waals surface area contributed by atoms with E-state index in [0.29, 0.717) is 43.0 Å². The summed E-state index contributed by atoms with van der Waals surface area (Å²) in [6.07, 6.45) is 2.67. The molecule has 2 aromatic carbocycles. The van der Waals surface area contributed by atoms with E-state index in [1.165, 1.54) is 0 Å². The third-order valence-corrected chi connectivity index (χ3v) is 5.80. The van der Waals surface area contributed by atoms with Crippen LogP contribution in [0.25, 0.3) is 0 Å². The topological polar surface area (TPSA) is 67.9 Å². The maximum atomic E-state index is 12.8. The molecule has 0 bridgehead atoms. The lowest BCUT2D eigenvalue weighted by molar-refractivity contribution is -0.122. The van der Waals surface area contributed by atoms with Crippen LogP contribution in [-0.2, 0) is 11.2 Å². The number of benzene rings is 2. The minimum absolute atomic E-state index is 0.0321. The molecule has 1 fully saturated rings. The molecule has 1 N–H and O–H groups in total. The molecule has 1 aliphatic rings. The fourth-order valence-corrected chi connectivity index (χ4v) is 4.08. The predicted octanol–water partition coefficient (Wildman–Crippen LogP) is 3.82. The molecule has 6 nitrogen and oxygen atoms in total. The van der Waals surface area contributed by atoms with E-state index in [-0.39, 0.29) is 17.9 Å². The van der Waals surface area contributed by atoms with Crippen molar-refractivity contribution in [3.05, 3.63) is 58.1 Å². The van der Waals surface area contributed by atoms with Crippen molar-refractivity contribution in [1.29, 1.82) is 0 Å². The summed E-state index contributed by atoms with van der Waals surface area (Å²) in [6, 6.07) is 13.3. The van der Waals surface area contributed by atoms with Crippen LogP contribution in [0.2, 0.25) is 0 Å². The highest BCUT2D eigenvalue weighted by atomic mass is 79.9. The van der Waals surface area contributed by atoms with Crippen LogP contribution in [0, 0.1) is 0 Å². The molecule has 30 heavy (non-hydrogen) atoms. The van der Waals surface area contributed by atoms with E-state index in [0.717, 1.165) is 22.9 Å². The van der Waals surface area contributed by atoms with Gasteiger partial charge in [0.05, 0.1) is 14.2 Å². The minimum Gasteiger partial charge on any atom is -0.493 e. The lowest BCUT2D eigenvalue weighted by atomic mass is 10.0. The van der Waals surface area contributed by atoms with Gasteiger partial charge in [-0.15, -0.1) is 0 Å². The van der Waals surface area contributed by atoms with Gasteiger partial charge >= 0.3 is 0 Å². The fraction of sp³-hybridized carbons (Fsp3) is 0.391. The Balaban J connectivity index is 1.47. The number of amides is 2. The van der Waals surface area contributed by atoms with E-state index in [1.807, 2.05) is 29.2 Å². The van der Waals surface area contributed by atoms with Gasteiger partial charge in [-0.1, -0.05) is 28.1 Å². The molecule has 160 valence electrons. The molecule has 1 saturated heterocycles. The van der Waals surface area contributed by atoms with Gasteiger partial charge in [-0.2, -0.15) is 0 Å².